The van der Waals surface area contributed by atoms with Crippen LogP contribution in [0.4, 0.5) is 0 Å². The molecule has 3 aromatic carbocycles. The first kappa shape index (κ1) is 20.8. The second kappa shape index (κ2) is 9.56. The Morgan fingerprint density at radius 2 is 1.81 bits per heavy atom. The van der Waals surface area contributed by atoms with E-state index >= 15 is 0 Å². The summed E-state index contributed by atoms with van der Waals surface area (Å²) < 4.78 is 23.4. The number of hydrogen-bond acceptors (Lipinski definition) is 5. The van der Waals surface area contributed by atoms with Crippen LogP contribution in [0.25, 0.3) is 0 Å². The highest BCUT2D eigenvalue weighted by atomic mass is 16.5. The SMILES string of the molecule is CCOc1cc(OCc2ccccc2)ccc1C1CCc2ccc(OC(C)=O)cc2O1. The highest BCUT2D eigenvalue weighted by Crippen LogP contribution is 2.41. The molecule has 0 amide bonds. The zero-order chi connectivity index (χ0) is 21.6. The van der Waals surface area contributed by atoms with Gasteiger partial charge in [0.1, 0.15) is 35.7 Å². The molecule has 0 saturated carbocycles. The number of ether oxygens (including phenoxy) is 4. The molecule has 0 radical (unpaired) electrons. The van der Waals surface area contributed by atoms with Gasteiger partial charge in [-0.15, -0.1) is 0 Å². The van der Waals surface area contributed by atoms with Crippen LogP contribution in [0.1, 0.15) is 43.1 Å². The molecule has 3 aromatic rings. The summed E-state index contributed by atoms with van der Waals surface area (Å²) in [7, 11) is 0. The number of benzene rings is 3. The van der Waals surface area contributed by atoms with Crippen LogP contribution < -0.4 is 18.9 Å². The molecule has 1 aliphatic heterocycles. The average Bonchev–Trinajstić information content (AvgIpc) is 2.78. The quantitative estimate of drug-likeness (QED) is 0.366. The number of carbonyl (C=O) groups is 1. The Morgan fingerprint density at radius 3 is 2.58 bits per heavy atom. The minimum atomic E-state index is -0.350. The van der Waals surface area contributed by atoms with Crippen molar-refractivity contribution in [3.8, 4) is 23.0 Å². The van der Waals surface area contributed by atoms with Crippen LogP contribution in [0.5, 0.6) is 23.0 Å². The van der Waals surface area contributed by atoms with Gasteiger partial charge in [0, 0.05) is 24.6 Å². The van der Waals surface area contributed by atoms with E-state index in [0.29, 0.717) is 19.0 Å². The first-order chi connectivity index (χ1) is 15.1. The maximum Gasteiger partial charge on any atom is 0.308 e. The van der Waals surface area contributed by atoms with Crippen LogP contribution in [-0.2, 0) is 17.8 Å². The first-order valence-corrected chi connectivity index (χ1v) is 10.5. The molecule has 31 heavy (non-hydrogen) atoms. The van der Waals surface area contributed by atoms with Gasteiger partial charge in [0.25, 0.3) is 0 Å². The molecule has 0 N–H and O–H groups in total. The van der Waals surface area contributed by atoms with Gasteiger partial charge in [-0.2, -0.15) is 0 Å². The minimum Gasteiger partial charge on any atom is -0.493 e. The van der Waals surface area contributed by atoms with Crippen molar-refractivity contribution in [1.82, 2.24) is 0 Å². The van der Waals surface area contributed by atoms with E-state index in [0.717, 1.165) is 46.8 Å². The van der Waals surface area contributed by atoms with Gasteiger partial charge in [-0.3, -0.25) is 4.79 Å². The second-order valence-corrected chi connectivity index (χ2v) is 7.42. The van der Waals surface area contributed by atoms with Gasteiger partial charge in [0.05, 0.1) is 6.61 Å². The maximum absolute atomic E-state index is 11.3. The van der Waals surface area contributed by atoms with Crippen LogP contribution in [0, 0.1) is 0 Å². The standard InChI is InChI=1S/C26H26O5/c1-3-28-26-15-21(29-17-19-7-5-4-6-8-19)12-13-23(26)24-14-10-20-9-11-22(30-18(2)27)16-25(20)31-24/h4-9,11-13,15-16,24H,3,10,14,17H2,1-2H3. The van der Waals surface area contributed by atoms with Gasteiger partial charge in [-0.25, -0.2) is 0 Å². The number of carbonyl (C=O) groups excluding carboxylic acids is 1. The van der Waals surface area contributed by atoms with Gasteiger partial charge in [-0.05, 0) is 49.1 Å². The third kappa shape index (κ3) is 5.18. The van der Waals surface area contributed by atoms with Crippen LogP contribution in [0.2, 0.25) is 0 Å². The predicted octanol–water partition coefficient (Wildman–Crippen LogP) is 5.66. The lowest BCUT2D eigenvalue weighted by atomic mass is 9.96. The van der Waals surface area contributed by atoms with Crippen molar-refractivity contribution >= 4 is 5.97 Å². The molecule has 0 spiro atoms. The van der Waals surface area contributed by atoms with Gasteiger partial charge >= 0.3 is 5.97 Å². The topological polar surface area (TPSA) is 54.0 Å². The van der Waals surface area contributed by atoms with Crippen LogP contribution in [-0.4, -0.2) is 12.6 Å². The van der Waals surface area contributed by atoms with E-state index < -0.39 is 0 Å². The van der Waals surface area contributed by atoms with Crippen molar-refractivity contribution in [2.75, 3.05) is 6.61 Å². The van der Waals surface area contributed by atoms with E-state index in [9.17, 15) is 4.79 Å². The molecule has 0 saturated heterocycles. The van der Waals surface area contributed by atoms with Crippen molar-refractivity contribution < 1.29 is 23.7 Å². The molecule has 0 aliphatic carbocycles. The van der Waals surface area contributed by atoms with E-state index in [1.807, 2.05) is 61.5 Å². The summed E-state index contributed by atoms with van der Waals surface area (Å²) in [6.45, 7) is 4.40. The molecule has 0 bridgehead atoms. The molecule has 1 unspecified atom stereocenters. The molecule has 1 aliphatic rings. The Kier molecular flexibility index (Phi) is 6.41. The zero-order valence-electron chi connectivity index (χ0n) is 17.8. The molecule has 160 valence electrons. The number of fused-ring (bicyclic) bond motifs is 1. The van der Waals surface area contributed by atoms with Crippen LogP contribution in [0.3, 0.4) is 0 Å². The number of hydrogen-bond donors (Lipinski definition) is 0. The first-order valence-electron chi connectivity index (χ1n) is 10.5. The number of rotatable bonds is 7. The van der Waals surface area contributed by atoms with Gasteiger partial charge in [-0.1, -0.05) is 36.4 Å². The summed E-state index contributed by atoms with van der Waals surface area (Å²) in [4.78, 5) is 11.3. The van der Waals surface area contributed by atoms with E-state index in [1.54, 1.807) is 12.1 Å². The molecule has 5 nitrogen and oxygen atoms in total. The molecule has 5 heteroatoms. The van der Waals surface area contributed by atoms with Crippen molar-refractivity contribution in [2.45, 2.75) is 39.4 Å². The lowest BCUT2D eigenvalue weighted by molar-refractivity contribution is -0.131. The molecule has 0 aromatic heterocycles. The Hall–Kier alpha value is -3.47. The normalized spacial score (nSPS) is 14.8. The smallest absolute Gasteiger partial charge is 0.308 e. The Labute approximate surface area is 182 Å². The van der Waals surface area contributed by atoms with Gasteiger partial charge in [0.2, 0.25) is 0 Å². The highest BCUT2D eigenvalue weighted by molar-refractivity contribution is 5.69. The Bertz CT molecular complexity index is 1040. The summed E-state index contributed by atoms with van der Waals surface area (Å²) in [6, 6.07) is 21.5. The number of aryl methyl sites for hydroxylation is 1. The van der Waals surface area contributed by atoms with E-state index in [4.69, 9.17) is 18.9 Å². The van der Waals surface area contributed by atoms with E-state index in [2.05, 4.69) is 0 Å². The Balaban J connectivity index is 1.52. The zero-order valence-corrected chi connectivity index (χ0v) is 17.8. The van der Waals surface area contributed by atoms with Crippen molar-refractivity contribution in [2.24, 2.45) is 0 Å². The Morgan fingerprint density at radius 1 is 1.00 bits per heavy atom. The summed E-state index contributed by atoms with van der Waals surface area (Å²) >= 11 is 0. The molecular formula is C26H26O5. The van der Waals surface area contributed by atoms with Crippen LogP contribution in [0.15, 0.2) is 66.7 Å². The largest absolute Gasteiger partial charge is 0.493 e. The second-order valence-electron chi connectivity index (χ2n) is 7.42. The van der Waals surface area contributed by atoms with E-state index in [-0.39, 0.29) is 12.1 Å². The minimum absolute atomic E-state index is 0.148. The van der Waals surface area contributed by atoms with Crippen molar-refractivity contribution in [3.63, 3.8) is 0 Å². The van der Waals surface area contributed by atoms with Gasteiger partial charge < -0.3 is 18.9 Å². The van der Waals surface area contributed by atoms with Crippen molar-refractivity contribution in [3.05, 3.63) is 83.4 Å². The lowest BCUT2D eigenvalue weighted by Crippen LogP contribution is -2.16. The fourth-order valence-electron chi connectivity index (χ4n) is 3.69. The van der Waals surface area contributed by atoms with Gasteiger partial charge in [0.15, 0.2) is 0 Å². The summed E-state index contributed by atoms with van der Waals surface area (Å²) in [5, 5.41) is 0. The third-order valence-electron chi connectivity index (χ3n) is 5.13. The molecule has 1 heterocycles. The van der Waals surface area contributed by atoms with Crippen LogP contribution >= 0.6 is 0 Å². The highest BCUT2D eigenvalue weighted by Gasteiger charge is 2.25. The monoisotopic (exact) mass is 418 g/mol. The fraction of sp³-hybridized carbons (Fsp3) is 0.269. The number of esters is 1. The molecule has 4 rings (SSSR count). The summed E-state index contributed by atoms with van der Waals surface area (Å²) in [5.74, 6) is 2.39. The predicted molar refractivity (Wildman–Crippen MR) is 118 cm³/mol. The molecule has 0 fully saturated rings. The fourth-order valence-corrected chi connectivity index (χ4v) is 3.69. The van der Waals surface area contributed by atoms with Crippen molar-refractivity contribution in [1.29, 1.82) is 0 Å². The summed E-state index contributed by atoms with van der Waals surface area (Å²) in [6.07, 6.45) is 1.56. The van der Waals surface area contributed by atoms with E-state index in [1.165, 1.54) is 6.92 Å². The lowest BCUT2D eigenvalue weighted by Gasteiger charge is -2.28. The third-order valence-corrected chi connectivity index (χ3v) is 5.13. The molecule has 1 atom stereocenters. The molecular weight excluding hydrogens is 392 g/mol. The summed E-state index contributed by atoms with van der Waals surface area (Å²) in [5.41, 5.74) is 3.20. The maximum atomic E-state index is 11.3. The average molecular weight is 418 g/mol.